The Morgan fingerprint density at radius 1 is 1.18 bits per heavy atom. The molecular formula is C11H23N3O2S. The van der Waals surface area contributed by atoms with Crippen molar-refractivity contribution in [2.24, 2.45) is 0 Å². The summed E-state index contributed by atoms with van der Waals surface area (Å²) in [7, 11) is -0.0592. The quantitative estimate of drug-likeness (QED) is 0.797. The molecule has 0 radical (unpaired) electrons. The Labute approximate surface area is 104 Å². The summed E-state index contributed by atoms with van der Waals surface area (Å²) < 4.78 is 27.4. The fourth-order valence-corrected chi connectivity index (χ4v) is 4.38. The molecule has 0 aliphatic carbocycles. The van der Waals surface area contributed by atoms with Gasteiger partial charge in [0.15, 0.2) is 0 Å². The van der Waals surface area contributed by atoms with E-state index in [9.17, 15) is 8.42 Å². The summed E-state index contributed by atoms with van der Waals surface area (Å²) >= 11 is 0. The van der Waals surface area contributed by atoms with Crippen LogP contribution in [0.5, 0.6) is 0 Å². The Kier molecular flexibility index (Phi) is 3.77. The minimum absolute atomic E-state index is 0.172. The van der Waals surface area contributed by atoms with E-state index in [1.807, 2.05) is 6.92 Å². The highest BCUT2D eigenvalue weighted by Gasteiger charge is 2.39. The van der Waals surface area contributed by atoms with E-state index in [0.717, 1.165) is 12.8 Å². The number of rotatable bonds is 4. The van der Waals surface area contributed by atoms with Gasteiger partial charge in [0, 0.05) is 38.8 Å². The molecule has 100 valence electrons. The van der Waals surface area contributed by atoms with E-state index in [0.29, 0.717) is 18.6 Å². The van der Waals surface area contributed by atoms with Gasteiger partial charge in [0.1, 0.15) is 0 Å². The van der Waals surface area contributed by atoms with Crippen LogP contribution in [-0.2, 0) is 10.2 Å². The number of piperidine rings is 1. The first-order valence-corrected chi connectivity index (χ1v) is 7.80. The summed E-state index contributed by atoms with van der Waals surface area (Å²) in [5.74, 6) is 0. The van der Waals surface area contributed by atoms with Crippen molar-refractivity contribution in [3.63, 3.8) is 0 Å². The molecule has 2 bridgehead atoms. The SMILES string of the molecule is CCN(C1CC2CCC(C1)N2)S(=O)(=O)N(C)C. The van der Waals surface area contributed by atoms with E-state index >= 15 is 0 Å². The highest BCUT2D eigenvalue weighted by atomic mass is 32.2. The van der Waals surface area contributed by atoms with Crippen molar-refractivity contribution in [3.05, 3.63) is 0 Å². The van der Waals surface area contributed by atoms with Gasteiger partial charge >= 0.3 is 0 Å². The van der Waals surface area contributed by atoms with Crippen molar-refractivity contribution in [1.82, 2.24) is 13.9 Å². The Morgan fingerprint density at radius 3 is 2.12 bits per heavy atom. The van der Waals surface area contributed by atoms with Crippen LogP contribution in [0.4, 0.5) is 0 Å². The third-order valence-corrected chi connectivity index (χ3v) is 6.00. The van der Waals surface area contributed by atoms with Crippen LogP contribution in [0, 0.1) is 0 Å². The van der Waals surface area contributed by atoms with Crippen LogP contribution in [0.2, 0.25) is 0 Å². The van der Waals surface area contributed by atoms with Gasteiger partial charge in [0.25, 0.3) is 10.2 Å². The lowest BCUT2D eigenvalue weighted by molar-refractivity contribution is 0.223. The fourth-order valence-electron chi connectivity index (χ4n) is 3.08. The molecule has 2 aliphatic rings. The molecule has 0 aromatic rings. The molecule has 1 N–H and O–H groups in total. The third kappa shape index (κ3) is 2.50. The zero-order valence-electron chi connectivity index (χ0n) is 10.9. The van der Waals surface area contributed by atoms with E-state index in [1.54, 1.807) is 18.4 Å². The highest BCUT2D eigenvalue weighted by molar-refractivity contribution is 7.86. The Bertz CT molecular complexity index is 357. The zero-order valence-corrected chi connectivity index (χ0v) is 11.7. The molecule has 6 heteroatoms. The lowest BCUT2D eigenvalue weighted by Gasteiger charge is -2.37. The average Bonchev–Trinajstić information content (AvgIpc) is 2.58. The second-order valence-electron chi connectivity index (χ2n) is 5.26. The Morgan fingerprint density at radius 2 is 1.71 bits per heavy atom. The number of hydrogen-bond donors (Lipinski definition) is 1. The summed E-state index contributed by atoms with van der Waals surface area (Å²) in [5, 5.41) is 3.54. The van der Waals surface area contributed by atoms with Crippen molar-refractivity contribution >= 4 is 10.2 Å². The number of nitrogens with zero attached hydrogens (tertiary/aromatic N) is 2. The van der Waals surface area contributed by atoms with Gasteiger partial charge in [-0.3, -0.25) is 0 Å². The first-order valence-electron chi connectivity index (χ1n) is 6.40. The maximum Gasteiger partial charge on any atom is 0.281 e. The molecule has 2 unspecified atom stereocenters. The molecule has 2 aliphatic heterocycles. The van der Waals surface area contributed by atoms with Gasteiger partial charge < -0.3 is 5.32 Å². The van der Waals surface area contributed by atoms with Gasteiger partial charge in [-0.2, -0.15) is 17.0 Å². The van der Waals surface area contributed by atoms with E-state index in [1.165, 1.54) is 17.1 Å². The number of hydrogen-bond acceptors (Lipinski definition) is 3. The smallest absolute Gasteiger partial charge is 0.281 e. The molecule has 2 saturated heterocycles. The molecule has 2 heterocycles. The van der Waals surface area contributed by atoms with E-state index < -0.39 is 10.2 Å². The zero-order chi connectivity index (χ0) is 12.6. The maximum absolute atomic E-state index is 12.2. The van der Waals surface area contributed by atoms with Crippen LogP contribution in [0.3, 0.4) is 0 Å². The van der Waals surface area contributed by atoms with Crippen LogP contribution in [-0.4, -0.2) is 55.8 Å². The number of nitrogens with one attached hydrogen (secondary N) is 1. The van der Waals surface area contributed by atoms with E-state index in [-0.39, 0.29) is 6.04 Å². The second kappa shape index (κ2) is 4.84. The lowest BCUT2D eigenvalue weighted by Crippen LogP contribution is -2.52. The van der Waals surface area contributed by atoms with Crippen molar-refractivity contribution in [3.8, 4) is 0 Å². The van der Waals surface area contributed by atoms with Gasteiger partial charge in [0.05, 0.1) is 0 Å². The predicted octanol–water partition coefficient (Wildman–Crippen LogP) is 0.398. The molecule has 5 nitrogen and oxygen atoms in total. The lowest BCUT2D eigenvalue weighted by atomic mass is 10.00. The van der Waals surface area contributed by atoms with Crippen LogP contribution < -0.4 is 5.32 Å². The standard InChI is InChI=1S/C11H23N3O2S/c1-4-14(17(15,16)13(2)3)11-7-9-5-6-10(8-11)12-9/h9-12H,4-8H2,1-3H3. The molecule has 2 rings (SSSR count). The Balaban J connectivity index is 2.14. The van der Waals surface area contributed by atoms with Crippen molar-refractivity contribution in [2.45, 2.75) is 50.7 Å². The van der Waals surface area contributed by atoms with Crippen molar-refractivity contribution < 1.29 is 8.42 Å². The molecule has 0 aromatic carbocycles. The largest absolute Gasteiger partial charge is 0.311 e. The predicted molar refractivity (Wildman–Crippen MR) is 68.0 cm³/mol. The van der Waals surface area contributed by atoms with Crippen LogP contribution in [0.25, 0.3) is 0 Å². The van der Waals surface area contributed by atoms with Crippen LogP contribution >= 0.6 is 0 Å². The van der Waals surface area contributed by atoms with Gasteiger partial charge in [0.2, 0.25) is 0 Å². The first kappa shape index (κ1) is 13.3. The summed E-state index contributed by atoms with van der Waals surface area (Å²) in [5.41, 5.74) is 0. The van der Waals surface area contributed by atoms with Gasteiger partial charge in [-0.25, -0.2) is 0 Å². The van der Waals surface area contributed by atoms with Crippen molar-refractivity contribution in [2.75, 3.05) is 20.6 Å². The van der Waals surface area contributed by atoms with Gasteiger partial charge in [-0.05, 0) is 25.7 Å². The summed E-state index contributed by atoms with van der Waals surface area (Å²) in [6.07, 6.45) is 4.30. The fraction of sp³-hybridized carbons (Fsp3) is 1.00. The number of fused-ring (bicyclic) bond motifs is 2. The minimum Gasteiger partial charge on any atom is -0.311 e. The molecular weight excluding hydrogens is 238 g/mol. The molecule has 0 amide bonds. The summed E-state index contributed by atoms with van der Waals surface area (Å²) in [6, 6.07) is 1.21. The van der Waals surface area contributed by atoms with Crippen LogP contribution in [0.1, 0.15) is 32.6 Å². The molecule has 0 aromatic heterocycles. The highest BCUT2D eigenvalue weighted by Crippen LogP contribution is 2.31. The van der Waals surface area contributed by atoms with Crippen molar-refractivity contribution in [1.29, 1.82) is 0 Å². The Hall–Kier alpha value is -0.170. The van der Waals surface area contributed by atoms with Crippen LogP contribution in [0.15, 0.2) is 0 Å². The molecule has 0 saturated carbocycles. The van der Waals surface area contributed by atoms with E-state index in [4.69, 9.17) is 0 Å². The normalized spacial score (nSPS) is 33.6. The summed E-state index contributed by atoms with van der Waals surface area (Å²) in [6.45, 7) is 2.48. The van der Waals surface area contributed by atoms with Gasteiger partial charge in [-0.1, -0.05) is 6.92 Å². The summed E-state index contributed by atoms with van der Waals surface area (Å²) in [4.78, 5) is 0. The average molecular weight is 261 g/mol. The third-order valence-electron chi connectivity index (χ3n) is 3.92. The van der Waals surface area contributed by atoms with E-state index in [2.05, 4.69) is 5.32 Å². The molecule has 0 spiro atoms. The topological polar surface area (TPSA) is 52.7 Å². The first-order chi connectivity index (χ1) is 7.95. The minimum atomic E-state index is -3.27. The monoisotopic (exact) mass is 261 g/mol. The molecule has 2 atom stereocenters. The molecule has 17 heavy (non-hydrogen) atoms. The second-order valence-corrected chi connectivity index (χ2v) is 7.35. The maximum atomic E-state index is 12.2. The van der Waals surface area contributed by atoms with Gasteiger partial charge in [-0.15, -0.1) is 0 Å². The molecule has 2 fully saturated rings.